The highest BCUT2D eigenvalue weighted by Crippen LogP contribution is 2.23. The fourth-order valence-electron chi connectivity index (χ4n) is 0.936. The van der Waals surface area contributed by atoms with Crippen LogP contribution in [0.3, 0.4) is 0 Å². The van der Waals surface area contributed by atoms with E-state index < -0.39 is 0 Å². The van der Waals surface area contributed by atoms with Crippen molar-refractivity contribution >= 4 is 29.6 Å². The van der Waals surface area contributed by atoms with E-state index in [0.717, 1.165) is 16.9 Å². The number of hydrogen-bond acceptors (Lipinski definition) is 3. The molecule has 76 valence electrons. The number of hydrogen-bond donors (Lipinski definition) is 0. The molecule has 0 heterocycles. The Hall–Kier alpha value is -0.510. The molecule has 1 aromatic carbocycles. The number of carbonyl (C=O) groups is 1. The molecular weight excluding hydrogens is 220 g/mol. The number of aldehydes is 1. The van der Waals surface area contributed by atoms with Crippen molar-refractivity contribution in [1.82, 2.24) is 0 Å². The van der Waals surface area contributed by atoms with E-state index >= 15 is 0 Å². The van der Waals surface area contributed by atoms with Crippen molar-refractivity contribution in [1.29, 1.82) is 0 Å². The number of halogens is 1. The monoisotopic (exact) mass is 230 g/mol. The predicted molar refractivity (Wildman–Crippen MR) is 59.4 cm³/mol. The summed E-state index contributed by atoms with van der Waals surface area (Å²) < 4.78 is 4.93. The third kappa shape index (κ3) is 3.33. The van der Waals surface area contributed by atoms with Crippen LogP contribution in [-0.2, 0) is 4.74 Å². The van der Waals surface area contributed by atoms with Gasteiger partial charge in [0.15, 0.2) is 6.29 Å². The fourth-order valence-corrected chi connectivity index (χ4v) is 2.08. The topological polar surface area (TPSA) is 26.3 Å². The Balaban J connectivity index is 2.62. The number of rotatable bonds is 5. The van der Waals surface area contributed by atoms with Crippen molar-refractivity contribution in [2.75, 3.05) is 19.5 Å². The van der Waals surface area contributed by atoms with E-state index in [0.29, 0.717) is 17.2 Å². The van der Waals surface area contributed by atoms with Crippen LogP contribution in [0.4, 0.5) is 0 Å². The van der Waals surface area contributed by atoms with Gasteiger partial charge in [-0.05, 0) is 18.2 Å². The van der Waals surface area contributed by atoms with Gasteiger partial charge in [0.05, 0.1) is 11.6 Å². The third-order valence-electron chi connectivity index (χ3n) is 1.66. The number of thioether (sulfide) groups is 1. The molecule has 0 aliphatic rings. The van der Waals surface area contributed by atoms with E-state index in [9.17, 15) is 4.79 Å². The summed E-state index contributed by atoms with van der Waals surface area (Å²) in [5.74, 6) is 0.882. The zero-order valence-corrected chi connectivity index (χ0v) is 9.40. The van der Waals surface area contributed by atoms with Crippen molar-refractivity contribution in [2.24, 2.45) is 0 Å². The highest BCUT2D eigenvalue weighted by molar-refractivity contribution is 7.99. The molecule has 1 aromatic rings. The number of ether oxygens (including phenoxy) is 1. The second-order valence-corrected chi connectivity index (χ2v) is 4.22. The summed E-state index contributed by atoms with van der Waals surface area (Å²) in [6, 6.07) is 5.41. The lowest BCUT2D eigenvalue weighted by Gasteiger charge is -2.02. The van der Waals surface area contributed by atoms with Crippen LogP contribution in [0.15, 0.2) is 23.1 Å². The maximum absolute atomic E-state index is 10.5. The summed E-state index contributed by atoms with van der Waals surface area (Å²) in [7, 11) is 1.67. The molecule has 0 amide bonds. The molecule has 0 aliphatic carbocycles. The van der Waals surface area contributed by atoms with Gasteiger partial charge in [-0.3, -0.25) is 4.79 Å². The van der Waals surface area contributed by atoms with Gasteiger partial charge in [0.1, 0.15) is 0 Å². The Morgan fingerprint density at radius 2 is 2.36 bits per heavy atom. The van der Waals surface area contributed by atoms with Crippen LogP contribution < -0.4 is 0 Å². The maximum Gasteiger partial charge on any atom is 0.151 e. The molecule has 0 saturated carbocycles. The van der Waals surface area contributed by atoms with Gasteiger partial charge in [0, 0.05) is 23.3 Å². The minimum absolute atomic E-state index is 0.502. The Morgan fingerprint density at radius 1 is 1.57 bits per heavy atom. The van der Waals surface area contributed by atoms with Crippen LogP contribution in [0.25, 0.3) is 0 Å². The molecule has 0 N–H and O–H groups in total. The first-order valence-electron chi connectivity index (χ1n) is 4.14. The first-order chi connectivity index (χ1) is 6.77. The van der Waals surface area contributed by atoms with Crippen LogP contribution >= 0.6 is 23.4 Å². The summed E-state index contributed by atoms with van der Waals surface area (Å²) in [5, 5.41) is 0.502. The van der Waals surface area contributed by atoms with E-state index in [4.69, 9.17) is 16.3 Å². The molecule has 0 aliphatic heterocycles. The first kappa shape index (κ1) is 11.6. The third-order valence-corrected chi connectivity index (χ3v) is 2.94. The van der Waals surface area contributed by atoms with Gasteiger partial charge in [0.25, 0.3) is 0 Å². The average molecular weight is 231 g/mol. The van der Waals surface area contributed by atoms with Crippen LogP contribution in [0, 0.1) is 0 Å². The Labute approximate surface area is 92.6 Å². The molecule has 0 spiro atoms. The van der Waals surface area contributed by atoms with Gasteiger partial charge < -0.3 is 4.74 Å². The summed E-state index contributed by atoms with van der Waals surface area (Å²) in [5.41, 5.74) is 0.530. The van der Waals surface area contributed by atoms with E-state index in [1.54, 1.807) is 31.0 Å². The van der Waals surface area contributed by atoms with Crippen molar-refractivity contribution < 1.29 is 9.53 Å². The molecule has 0 radical (unpaired) electrons. The Kier molecular flexibility index (Phi) is 5.01. The van der Waals surface area contributed by atoms with Crippen molar-refractivity contribution in [2.45, 2.75) is 4.90 Å². The normalized spacial score (nSPS) is 10.1. The van der Waals surface area contributed by atoms with Crippen LogP contribution in [0.5, 0.6) is 0 Å². The highest BCUT2D eigenvalue weighted by atomic mass is 35.5. The number of carbonyl (C=O) groups excluding carboxylic acids is 1. The van der Waals surface area contributed by atoms with E-state index in [1.807, 2.05) is 6.07 Å². The molecule has 0 unspecified atom stereocenters. The standard InChI is InChI=1S/C10H11ClO2S/c1-13-4-5-14-9-3-2-8(7-12)10(11)6-9/h2-3,6-7H,4-5H2,1H3. The van der Waals surface area contributed by atoms with Gasteiger partial charge >= 0.3 is 0 Å². The van der Waals surface area contributed by atoms with Gasteiger partial charge in [-0.15, -0.1) is 11.8 Å². The SMILES string of the molecule is COCCSc1ccc(C=O)c(Cl)c1. The lowest BCUT2D eigenvalue weighted by atomic mass is 10.2. The number of benzene rings is 1. The average Bonchev–Trinajstić information content (AvgIpc) is 2.18. The fraction of sp³-hybridized carbons (Fsp3) is 0.300. The Morgan fingerprint density at radius 3 is 2.93 bits per heavy atom. The molecular formula is C10H11ClO2S. The highest BCUT2D eigenvalue weighted by Gasteiger charge is 2.00. The molecule has 0 bridgehead atoms. The summed E-state index contributed by atoms with van der Waals surface area (Å²) in [6.07, 6.45) is 0.756. The van der Waals surface area contributed by atoms with E-state index in [1.165, 1.54) is 0 Å². The summed E-state index contributed by atoms with van der Waals surface area (Å²) in [4.78, 5) is 11.5. The zero-order valence-electron chi connectivity index (χ0n) is 7.83. The van der Waals surface area contributed by atoms with Crippen molar-refractivity contribution in [3.63, 3.8) is 0 Å². The van der Waals surface area contributed by atoms with Gasteiger partial charge in [0.2, 0.25) is 0 Å². The second-order valence-electron chi connectivity index (χ2n) is 2.64. The molecule has 4 heteroatoms. The molecule has 1 rings (SSSR count). The largest absolute Gasteiger partial charge is 0.384 e. The van der Waals surface area contributed by atoms with E-state index in [2.05, 4.69) is 0 Å². The molecule has 0 atom stereocenters. The van der Waals surface area contributed by atoms with E-state index in [-0.39, 0.29) is 0 Å². The minimum Gasteiger partial charge on any atom is -0.384 e. The quantitative estimate of drug-likeness (QED) is 0.442. The Bertz CT molecular complexity index is 315. The zero-order chi connectivity index (χ0) is 10.4. The van der Waals surface area contributed by atoms with Crippen LogP contribution in [0.2, 0.25) is 5.02 Å². The molecule has 2 nitrogen and oxygen atoms in total. The second kappa shape index (κ2) is 6.06. The van der Waals surface area contributed by atoms with Crippen molar-refractivity contribution in [3.8, 4) is 0 Å². The van der Waals surface area contributed by atoms with Crippen LogP contribution in [-0.4, -0.2) is 25.8 Å². The number of methoxy groups -OCH3 is 1. The molecule has 0 aromatic heterocycles. The first-order valence-corrected chi connectivity index (χ1v) is 5.50. The molecule has 0 fully saturated rings. The minimum atomic E-state index is 0.502. The van der Waals surface area contributed by atoms with Gasteiger partial charge in [-0.25, -0.2) is 0 Å². The predicted octanol–water partition coefficient (Wildman–Crippen LogP) is 2.89. The van der Waals surface area contributed by atoms with Gasteiger partial charge in [-0.1, -0.05) is 11.6 Å². The van der Waals surface area contributed by atoms with Crippen LogP contribution in [0.1, 0.15) is 10.4 Å². The van der Waals surface area contributed by atoms with Crippen molar-refractivity contribution in [3.05, 3.63) is 28.8 Å². The lowest BCUT2D eigenvalue weighted by molar-refractivity contribution is 0.112. The van der Waals surface area contributed by atoms with Gasteiger partial charge in [-0.2, -0.15) is 0 Å². The molecule has 14 heavy (non-hydrogen) atoms. The summed E-state index contributed by atoms with van der Waals surface area (Å²) in [6.45, 7) is 0.706. The maximum atomic E-state index is 10.5. The summed E-state index contributed by atoms with van der Waals surface area (Å²) >= 11 is 7.52. The molecule has 0 saturated heterocycles. The smallest absolute Gasteiger partial charge is 0.151 e. The lowest BCUT2D eigenvalue weighted by Crippen LogP contribution is -1.91.